The topological polar surface area (TPSA) is 57.8 Å². The second-order valence-electron chi connectivity index (χ2n) is 6.80. The van der Waals surface area contributed by atoms with E-state index in [4.69, 9.17) is 0 Å². The summed E-state index contributed by atoms with van der Waals surface area (Å²) in [6.07, 6.45) is 3.48. The third kappa shape index (κ3) is 3.54. The van der Waals surface area contributed by atoms with Gasteiger partial charge in [0.2, 0.25) is 0 Å². The molecular weight excluding hydrogens is 298 g/mol. The summed E-state index contributed by atoms with van der Waals surface area (Å²) in [5, 5.41) is 2.93. The lowest BCUT2D eigenvalue weighted by molar-refractivity contribution is 0.102. The molecule has 1 amide bonds. The molecule has 4 heteroatoms. The second kappa shape index (κ2) is 6.32. The van der Waals surface area contributed by atoms with Crippen molar-refractivity contribution in [2.75, 3.05) is 5.32 Å². The Kier molecular flexibility index (Phi) is 4.21. The first kappa shape index (κ1) is 16.0. The molecule has 1 aromatic heterocycles. The van der Waals surface area contributed by atoms with Gasteiger partial charge >= 0.3 is 0 Å². The van der Waals surface area contributed by atoms with Gasteiger partial charge in [0.15, 0.2) is 0 Å². The van der Waals surface area contributed by atoms with Gasteiger partial charge in [0, 0.05) is 29.2 Å². The first-order valence-corrected chi connectivity index (χ1v) is 7.95. The molecular formula is C20H21N3O. The van der Waals surface area contributed by atoms with E-state index in [0.717, 1.165) is 17.1 Å². The molecule has 1 heterocycles. The van der Waals surface area contributed by atoms with E-state index >= 15 is 0 Å². The van der Waals surface area contributed by atoms with Crippen LogP contribution in [-0.2, 0) is 5.41 Å². The van der Waals surface area contributed by atoms with E-state index in [1.54, 1.807) is 24.5 Å². The van der Waals surface area contributed by atoms with Gasteiger partial charge in [0.25, 0.3) is 5.91 Å². The second-order valence-corrected chi connectivity index (χ2v) is 6.80. The number of benzene rings is 2. The Morgan fingerprint density at radius 1 is 1.00 bits per heavy atom. The molecule has 0 aliphatic rings. The van der Waals surface area contributed by atoms with Crippen LogP contribution in [0.4, 0.5) is 5.69 Å². The standard InChI is InChI=1S/C20H21N3O/c1-20(2,3)16-8-10-17(11-9-16)23-19(24)15-6-4-14(5-7-15)18-21-12-13-22-18/h4-13H,1-3H3,(H,21,22)(H,23,24). The third-order valence-corrected chi connectivity index (χ3v) is 3.93. The Morgan fingerprint density at radius 2 is 1.67 bits per heavy atom. The van der Waals surface area contributed by atoms with Crippen LogP contribution in [0.1, 0.15) is 36.7 Å². The number of nitrogens with zero attached hydrogens (tertiary/aromatic N) is 1. The summed E-state index contributed by atoms with van der Waals surface area (Å²) in [5.41, 5.74) is 3.70. The molecule has 0 atom stereocenters. The highest BCUT2D eigenvalue weighted by Crippen LogP contribution is 2.23. The van der Waals surface area contributed by atoms with Gasteiger partial charge in [-0.1, -0.05) is 45.0 Å². The van der Waals surface area contributed by atoms with Crippen LogP contribution in [0.25, 0.3) is 11.4 Å². The van der Waals surface area contributed by atoms with Gasteiger partial charge < -0.3 is 10.3 Å². The maximum Gasteiger partial charge on any atom is 0.255 e. The van der Waals surface area contributed by atoms with Gasteiger partial charge in [-0.05, 0) is 35.2 Å². The molecule has 0 fully saturated rings. The zero-order valence-corrected chi connectivity index (χ0v) is 14.1. The molecule has 4 nitrogen and oxygen atoms in total. The van der Waals surface area contributed by atoms with E-state index in [1.807, 2.05) is 24.3 Å². The summed E-state index contributed by atoms with van der Waals surface area (Å²) in [6.45, 7) is 6.50. The smallest absolute Gasteiger partial charge is 0.255 e. The largest absolute Gasteiger partial charge is 0.345 e. The van der Waals surface area contributed by atoms with Crippen molar-refractivity contribution >= 4 is 11.6 Å². The fourth-order valence-corrected chi connectivity index (χ4v) is 2.46. The zero-order valence-electron chi connectivity index (χ0n) is 14.1. The van der Waals surface area contributed by atoms with Crippen molar-refractivity contribution < 1.29 is 4.79 Å². The van der Waals surface area contributed by atoms with Crippen LogP contribution >= 0.6 is 0 Å². The van der Waals surface area contributed by atoms with Crippen LogP contribution in [0, 0.1) is 0 Å². The lowest BCUT2D eigenvalue weighted by Crippen LogP contribution is -2.13. The van der Waals surface area contributed by atoms with Crippen molar-refractivity contribution in [1.29, 1.82) is 0 Å². The van der Waals surface area contributed by atoms with Crippen molar-refractivity contribution in [2.45, 2.75) is 26.2 Å². The summed E-state index contributed by atoms with van der Waals surface area (Å²) in [4.78, 5) is 19.6. The Balaban J connectivity index is 1.71. The molecule has 0 radical (unpaired) electrons. The zero-order chi connectivity index (χ0) is 17.2. The number of H-pyrrole nitrogens is 1. The first-order valence-electron chi connectivity index (χ1n) is 7.95. The highest BCUT2D eigenvalue weighted by Gasteiger charge is 2.13. The van der Waals surface area contributed by atoms with Crippen LogP contribution in [0.2, 0.25) is 0 Å². The molecule has 0 saturated heterocycles. The lowest BCUT2D eigenvalue weighted by atomic mass is 9.87. The van der Waals surface area contributed by atoms with Gasteiger partial charge in [0.05, 0.1) is 0 Å². The number of hydrogen-bond acceptors (Lipinski definition) is 2. The van der Waals surface area contributed by atoms with Crippen molar-refractivity contribution in [3.8, 4) is 11.4 Å². The maximum atomic E-state index is 12.4. The quantitative estimate of drug-likeness (QED) is 0.739. The van der Waals surface area contributed by atoms with Gasteiger partial charge in [-0.15, -0.1) is 0 Å². The van der Waals surface area contributed by atoms with Gasteiger partial charge in [0.1, 0.15) is 5.82 Å². The van der Waals surface area contributed by atoms with E-state index in [9.17, 15) is 4.79 Å². The Morgan fingerprint density at radius 3 is 2.21 bits per heavy atom. The van der Waals surface area contributed by atoms with Crippen LogP contribution in [0.5, 0.6) is 0 Å². The number of anilines is 1. The minimum absolute atomic E-state index is 0.101. The SMILES string of the molecule is CC(C)(C)c1ccc(NC(=O)c2ccc(-c3ncc[nH]3)cc2)cc1. The summed E-state index contributed by atoms with van der Waals surface area (Å²) in [6, 6.07) is 15.4. The summed E-state index contributed by atoms with van der Waals surface area (Å²) in [7, 11) is 0. The summed E-state index contributed by atoms with van der Waals surface area (Å²) >= 11 is 0. The molecule has 0 aliphatic heterocycles. The predicted molar refractivity (Wildman–Crippen MR) is 97.1 cm³/mol. The Labute approximate surface area is 142 Å². The van der Waals surface area contributed by atoms with E-state index in [0.29, 0.717) is 5.56 Å². The number of imidazole rings is 1. The lowest BCUT2D eigenvalue weighted by Gasteiger charge is -2.19. The van der Waals surface area contributed by atoms with Crippen molar-refractivity contribution in [1.82, 2.24) is 9.97 Å². The minimum atomic E-state index is -0.121. The average molecular weight is 319 g/mol. The van der Waals surface area contributed by atoms with Gasteiger partial charge in [-0.2, -0.15) is 0 Å². The van der Waals surface area contributed by atoms with E-state index in [2.05, 4.69) is 48.2 Å². The molecule has 3 rings (SSSR count). The summed E-state index contributed by atoms with van der Waals surface area (Å²) < 4.78 is 0. The number of amides is 1. The minimum Gasteiger partial charge on any atom is -0.345 e. The van der Waals surface area contributed by atoms with Gasteiger partial charge in [-0.25, -0.2) is 4.98 Å². The molecule has 24 heavy (non-hydrogen) atoms. The maximum absolute atomic E-state index is 12.4. The molecule has 122 valence electrons. The normalized spacial score (nSPS) is 11.3. The molecule has 2 N–H and O–H groups in total. The number of aromatic amines is 1. The number of rotatable bonds is 3. The van der Waals surface area contributed by atoms with Crippen molar-refractivity contribution in [2.24, 2.45) is 0 Å². The molecule has 0 unspecified atom stereocenters. The number of nitrogens with one attached hydrogen (secondary N) is 2. The molecule has 2 aromatic carbocycles. The molecule has 0 aliphatic carbocycles. The van der Waals surface area contributed by atoms with Crippen LogP contribution in [0.15, 0.2) is 60.9 Å². The van der Waals surface area contributed by atoms with Crippen LogP contribution < -0.4 is 5.32 Å². The average Bonchev–Trinajstić information content (AvgIpc) is 3.09. The van der Waals surface area contributed by atoms with Crippen molar-refractivity contribution in [3.63, 3.8) is 0 Å². The van der Waals surface area contributed by atoms with Gasteiger partial charge in [-0.3, -0.25) is 4.79 Å². The number of hydrogen-bond donors (Lipinski definition) is 2. The highest BCUT2D eigenvalue weighted by molar-refractivity contribution is 6.04. The molecule has 0 bridgehead atoms. The fraction of sp³-hybridized carbons (Fsp3) is 0.200. The van der Waals surface area contributed by atoms with E-state index in [1.165, 1.54) is 5.56 Å². The molecule has 3 aromatic rings. The number of carbonyl (C=O) groups excluding carboxylic acids is 1. The molecule has 0 spiro atoms. The Hall–Kier alpha value is -2.88. The van der Waals surface area contributed by atoms with E-state index in [-0.39, 0.29) is 11.3 Å². The van der Waals surface area contributed by atoms with E-state index < -0.39 is 0 Å². The third-order valence-electron chi connectivity index (χ3n) is 3.93. The fourth-order valence-electron chi connectivity index (χ4n) is 2.46. The van der Waals surface area contributed by atoms with Crippen molar-refractivity contribution in [3.05, 3.63) is 72.1 Å². The number of aromatic nitrogens is 2. The highest BCUT2D eigenvalue weighted by atomic mass is 16.1. The molecule has 0 saturated carbocycles. The summed E-state index contributed by atoms with van der Waals surface area (Å²) in [5.74, 6) is 0.671. The van der Waals surface area contributed by atoms with Crippen LogP contribution in [-0.4, -0.2) is 15.9 Å². The predicted octanol–water partition coefficient (Wildman–Crippen LogP) is 4.63. The Bertz CT molecular complexity index is 811. The first-order chi connectivity index (χ1) is 11.4. The van der Waals surface area contributed by atoms with Crippen LogP contribution in [0.3, 0.4) is 0 Å². The number of carbonyl (C=O) groups is 1. The monoisotopic (exact) mass is 319 g/mol.